The molecule has 0 unspecified atom stereocenters. The van der Waals surface area contributed by atoms with E-state index < -0.39 is 5.97 Å². The number of aromatic carboxylic acids is 1. The first kappa shape index (κ1) is 15.9. The van der Waals surface area contributed by atoms with Crippen LogP contribution in [0.4, 0.5) is 0 Å². The van der Waals surface area contributed by atoms with Gasteiger partial charge in [0.1, 0.15) is 0 Å². The van der Waals surface area contributed by atoms with Gasteiger partial charge in [-0.2, -0.15) is 0 Å². The number of fused-ring (bicyclic) bond motifs is 7. The fraction of sp³-hybridized carbons (Fsp3) is 0.240. The Labute approximate surface area is 163 Å². The summed E-state index contributed by atoms with van der Waals surface area (Å²) in [5.41, 5.74) is 9.17. The predicted octanol–water partition coefficient (Wildman–Crippen LogP) is 6.31. The molecule has 28 heavy (non-hydrogen) atoms. The Hall–Kier alpha value is -3.07. The Balaban J connectivity index is 1.72. The van der Waals surface area contributed by atoms with E-state index in [9.17, 15) is 9.90 Å². The topological polar surface area (TPSA) is 42.2 Å². The largest absolute Gasteiger partial charge is 0.478 e. The summed E-state index contributed by atoms with van der Waals surface area (Å²) in [6, 6.07) is 14.3. The summed E-state index contributed by atoms with van der Waals surface area (Å²) in [5, 5.41) is 10.8. The van der Waals surface area contributed by atoms with E-state index in [1.54, 1.807) is 6.07 Å². The van der Waals surface area contributed by atoms with E-state index in [-0.39, 0.29) is 0 Å². The van der Waals surface area contributed by atoms with E-state index in [2.05, 4.69) is 41.1 Å². The quantitative estimate of drug-likeness (QED) is 0.577. The average molecular weight is 367 g/mol. The van der Waals surface area contributed by atoms with Crippen molar-refractivity contribution >= 4 is 28.6 Å². The van der Waals surface area contributed by atoms with Crippen LogP contribution in [0.2, 0.25) is 0 Å². The Morgan fingerprint density at radius 2 is 1.79 bits per heavy atom. The van der Waals surface area contributed by atoms with Gasteiger partial charge in [0.15, 0.2) is 0 Å². The van der Waals surface area contributed by atoms with Gasteiger partial charge in [0.05, 0.1) is 16.8 Å². The first-order valence-corrected chi connectivity index (χ1v) is 10.2. The van der Waals surface area contributed by atoms with Gasteiger partial charge in [0, 0.05) is 17.1 Å². The highest BCUT2D eigenvalue weighted by molar-refractivity contribution is 6.09. The minimum absolute atomic E-state index is 0.350. The number of allylic oxidation sites excluding steroid dienone is 3. The van der Waals surface area contributed by atoms with Gasteiger partial charge in [0.2, 0.25) is 0 Å². The number of aromatic nitrogens is 1. The lowest BCUT2D eigenvalue weighted by Gasteiger charge is -2.23. The molecule has 0 radical (unpaired) electrons. The molecule has 1 N–H and O–H groups in total. The van der Waals surface area contributed by atoms with Gasteiger partial charge in [-0.05, 0) is 59.2 Å². The van der Waals surface area contributed by atoms with Crippen molar-refractivity contribution < 1.29 is 9.90 Å². The average Bonchev–Trinajstić information content (AvgIpc) is 3.44. The van der Waals surface area contributed by atoms with Crippen molar-refractivity contribution in [2.45, 2.75) is 38.0 Å². The lowest BCUT2D eigenvalue weighted by Crippen LogP contribution is -2.06. The van der Waals surface area contributed by atoms with Crippen molar-refractivity contribution in [1.82, 2.24) is 4.57 Å². The van der Waals surface area contributed by atoms with Crippen LogP contribution < -0.4 is 0 Å². The van der Waals surface area contributed by atoms with E-state index >= 15 is 0 Å². The number of rotatable bonds is 2. The van der Waals surface area contributed by atoms with Gasteiger partial charge in [-0.25, -0.2) is 4.79 Å². The molecule has 1 saturated carbocycles. The molecule has 0 amide bonds. The van der Waals surface area contributed by atoms with Gasteiger partial charge < -0.3 is 9.67 Å². The van der Waals surface area contributed by atoms with Crippen LogP contribution in [-0.2, 0) is 0 Å². The molecule has 138 valence electrons. The molecule has 0 bridgehead atoms. The molecule has 3 nitrogen and oxygen atoms in total. The second kappa shape index (κ2) is 5.71. The van der Waals surface area contributed by atoms with Crippen molar-refractivity contribution in [2.24, 2.45) is 0 Å². The van der Waals surface area contributed by atoms with Crippen LogP contribution in [0.1, 0.15) is 59.5 Å². The van der Waals surface area contributed by atoms with Gasteiger partial charge in [-0.15, -0.1) is 0 Å². The summed E-state index contributed by atoms with van der Waals surface area (Å²) in [6.07, 6.45) is 10.7. The highest BCUT2D eigenvalue weighted by Crippen LogP contribution is 2.51. The zero-order valence-electron chi connectivity index (χ0n) is 15.6. The van der Waals surface area contributed by atoms with E-state index in [4.69, 9.17) is 0 Å². The van der Waals surface area contributed by atoms with Crippen LogP contribution in [0.5, 0.6) is 0 Å². The molecule has 0 spiro atoms. The molecule has 0 atom stereocenters. The number of nitrogens with zero attached hydrogens (tertiary/aromatic N) is 1. The molecule has 1 aliphatic heterocycles. The molecule has 3 aromatic rings. The second-order valence-electron chi connectivity index (χ2n) is 8.19. The molecule has 2 aliphatic carbocycles. The summed E-state index contributed by atoms with van der Waals surface area (Å²) < 4.78 is 2.26. The minimum Gasteiger partial charge on any atom is -0.478 e. The van der Waals surface area contributed by atoms with Gasteiger partial charge in [0.25, 0.3) is 0 Å². The standard InChI is InChI=1S/C25H21NO2/c27-25(28)16-10-11-20-22(13-16)26-14-17-12-21(17)18-8-4-5-9-19(18)24(26)23(20)15-6-2-1-3-7-15/h4-5,8-15H,1-3,6-7H2,(H,27,28). The zero-order valence-corrected chi connectivity index (χ0v) is 15.6. The number of benzene rings is 2. The smallest absolute Gasteiger partial charge is 0.335 e. The van der Waals surface area contributed by atoms with Crippen LogP contribution in [0.15, 0.2) is 54.1 Å². The van der Waals surface area contributed by atoms with E-state index in [0.717, 1.165) is 5.52 Å². The minimum atomic E-state index is -0.872. The molecule has 0 saturated heterocycles. The highest BCUT2D eigenvalue weighted by atomic mass is 16.4. The Morgan fingerprint density at radius 3 is 2.57 bits per heavy atom. The van der Waals surface area contributed by atoms with Crippen molar-refractivity contribution in [3.05, 3.63) is 70.8 Å². The van der Waals surface area contributed by atoms with Gasteiger partial charge >= 0.3 is 5.97 Å². The fourth-order valence-corrected chi connectivity index (χ4v) is 5.21. The third-order valence-electron chi connectivity index (χ3n) is 6.57. The summed E-state index contributed by atoms with van der Waals surface area (Å²) in [6.45, 7) is 0. The maximum absolute atomic E-state index is 11.6. The summed E-state index contributed by atoms with van der Waals surface area (Å²) in [4.78, 5) is 11.6. The van der Waals surface area contributed by atoms with Gasteiger partial charge in [-0.3, -0.25) is 0 Å². The fourth-order valence-electron chi connectivity index (χ4n) is 5.21. The first-order valence-electron chi connectivity index (χ1n) is 10.2. The normalized spacial score (nSPS) is 17.9. The predicted molar refractivity (Wildman–Crippen MR) is 112 cm³/mol. The van der Waals surface area contributed by atoms with Crippen LogP contribution in [0.3, 0.4) is 0 Å². The summed E-state index contributed by atoms with van der Waals surface area (Å²) in [7, 11) is 0. The molecular weight excluding hydrogens is 346 g/mol. The van der Waals surface area contributed by atoms with Gasteiger partial charge in [-0.1, -0.05) is 49.6 Å². The van der Waals surface area contributed by atoms with E-state index in [0.29, 0.717) is 11.5 Å². The Kier molecular flexibility index (Phi) is 3.25. The van der Waals surface area contributed by atoms with Crippen LogP contribution >= 0.6 is 0 Å². The highest BCUT2D eigenvalue weighted by Gasteiger charge is 2.32. The number of carboxylic acids is 1. The molecule has 1 fully saturated rings. The number of carboxylic acid groups (broad SMARTS) is 1. The lowest BCUT2D eigenvalue weighted by atomic mass is 9.81. The molecular formula is C25H21NO2. The number of hydrogen-bond acceptors (Lipinski definition) is 1. The third-order valence-corrected chi connectivity index (χ3v) is 6.57. The Bertz CT molecular complexity index is 1220. The molecule has 2 aromatic carbocycles. The molecule has 6 rings (SSSR count). The SMILES string of the molecule is O=C(O)c1ccc2c(C3CCCCC3)c3n(c2c1)C=C1C=C1c1ccccc1-3. The number of hydrogen-bond donors (Lipinski definition) is 1. The summed E-state index contributed by atoms with van der Waals surface area (Å²) in [5.74, 6) is -0.332. The zero-order chi connectivity index (χ0) is 18.8. The van der Waals surface area contributed by atoms with E-state index in [1.165, 1.54) is 71.0 Å². The van der Waals surface area contributed by atoms with Crippen LogP contribution in [0.25, 0.3) is 33.9 Å². The van der Waals surface area contributed by atoms with Crippen molar-refractivity contribution in [2.75, 3.05) is 0 Å². The van der Waals surface area contributed by atoms with E-state index in [1.807, 2.05) is 12.1 Å². The second-order valence-corrected chi connectivity index (χ2v) is 8.19. The number of carbonyl (C=O) groups is 1. The van der Waals surface area contributed by atoms with Crippen molar-refractivity contribution in [1.29, 1.82) is 0 Å². The first-order chi connectivity index (χ1) is 13.7. The maximum Gasteiger partial charge on any atom is 0.335 e. The molecule has 3 aliphatic rings. The molecule has 3 heteroatoms. The summed E-state index contributed by atoms with van der Waals surface area (Å²) >= 11 is 0. The maximum atomic E-state index is 11.6. The van der Waals surface area contributed by atoms with Crippen molar-refractivity contribution in [3.8, 4) is 11.3 Å². The Morgan fingerprint density at radius 1 is 1.00 bits per heavy atom. The van der Waals surface area contributed by atoms with Crippen molar-refractivity contribution in [3.63, 3.8) is 0 Å². The monoisotopic (exact) mass is 367 g/mol. The molecule has 2 heterocycles. The van der Waals surface area contributed by atoms with Crippen LogP contribution in [-0.4, -0.2) is 15.6 Å². The molecule has 1 aromatic heterocycles. The van der Waals surface area contributed by atoms with Crippen LogP contribution in [0, 0.1) is 0 Å². The lowest BCUT2D eigenvalue weighted by molar-refractivity contribution is 0.0697. The third kappa shape index (κ3) is 2.19.